The summed E-state index contributed by atoms with van der Waals surface area (Å²) in [6.07, 6.45) is 1.46. The fourth-order valence-electron chi connectivity index (χ4n) is 2.13. The highest BCUT2D eigenvalue weighted by atomic mass is 35.5. The predicted molar refractivity (Wildman–Crippen MR) is 79.3 cm³/mol. The van der Waals surface area contributed by atoms with E-state index >= 15 is 0 Å². The number of hydrogen-bond acceptors (Lipinski definition) is 5. The maximum Gasteiger partial charge on any atom is 0.278 e. The van der Waals surface area contributed by atoms with E-state index in [-0.39, 0.29) is 23.8 Å². The lowest BCUT2D eigenvalue weighted by Crippen LogP contribution is -2.15. The molecular formula is C13H12ClN5O2. The van der Waals surface area contributed by atoms with Crippen LogP contribution >= 0.6 is 11.6 Å². The number of halogens is 1. The van der Waals surface area contributed by atoms with Crippen LogP contribution in [0.1, 0.15) is 11.1 Å². The fourth-order valence-corrected chi connectivity index (χ4v) is 2.30. The average molecular weight is 306 g/mol. The molecule has 2 aromatic heterocycles. The molecule has 0 saturated heterocycles. The van der Waals surface area contributed by atoms with Crippen molar-refractivity contribution in [3.8, 4) is 5.75 Å². The van der Waals surface area contributed by atoms with Gasteiger partial charge in [-0.1, -0.05) is 12.1 Å². The summed E-state index contributed by atoms with van der Waals surface area (Å²) in [5.74, 6) is 0.472. The first-order chi connectivity index (χ1) is 10.1. The lowest BCUT2D eigenvalue weighted by atomic mass is 10.1. The molecule has 0 amide bonds. The van der Waals surface area contributed by atoms with E-state index in [1.165, 1.54) is 10.9 Å². The Kier molecular flexibility index (Phi) is 3.26. The number of nitrogen functional groups attached to an aromatic ring is 1. The second kappa shape index (κ2) is 5.10. The van der Waals surface area contributed by atoms with E-state index < -0.39 is 0 Å². The topological polar surface area (TPSA) is 110 Å². The third kappa shape index (κ3) is 2.43. The van der Waals surface area contributed by atoms with Crippen LogP contribution < -0.4 is 11.3 Å². The van der Waals surface area contributed by atoms with E-state index in [1.54, 1.807) is 12.1 Å². The van der Waals surface area contributed by atoms with Gasteiger partial charge in [-0.15, -0.1) is 11.6 Å². The highest BCUT2D eigenvalue weighted by molar-refractivity contribution is 6.17. The van der Waals surface area contributed by atoms with E-state index in [9.17, 15) is 9.90 Å². The molecule has 0 radical (unpaired) electrons. The number of H-pyrrole nitrogens is 1. The van der Waals surface area contributed by atoms with E-state index in [2.05, 4.69) is 15.1 Å². The Morgan fingerprint density at radius 3 is 2.95 bits per heavy atom. The summed E-state index contributed by atoms with van der Waals surface area (Å²) < 4.78 is 1.47. The number of aromatic hydroxyl groups is 1. The lowest BCUT2D eigenvalue weighted by Gasteiger charge is -2.07. The van der Waals surface area contributed by atoms with Gasteiger partial charge in [-0.05, 0) is 11.6 Å². The Labute approximate surface area is 124 Å². The first-order valence-corrected chi connectivity index (χ1v) is 6.70. The Hall–Kier alpha value is -2.54. The van der Waals surface area contributed by atoms with Crippen LogP contribution in [0, 0.1) is 0 Å². The number of aromatic nitrogens is 4. The molecule has 3 aromatic rings. The molecule has 3 rings (SSSR count). The standard InChI is InChI=1S/C13H12ClN5O2/c14-4-7-1-2-8(10(20)3-7)6-19-11-9(5-16-19)17-13(15)18-12(11)21/h1-3,5,20H,4,6H2,(H3,15,17,18,21). The number of aromatic amines is 1. The van der Waals surface area contributed by atoms with E-state index in [1.807, 2.05) is 6.07 Å². The van der Waals surface area contributed by atoms with Gasteiger partial charge < -0.3 is 10.8 Å². The minimum absolute atomic E-state index is 0.0429. The first kappa shape index (κ1) is 13.4. The smallest absolute Gasteiger partial charge is 0.278 e. The van der Waals surface area contributed by atoms with E-state index in [0.29, 0.717) is 22.5 Å². The van der Waals surface area contributed by atoms with Crippen LogP contribution in [-0.4, -0.2) is 24.9 Å². The number of alkyl halides is 1. The van der Waals surface area contributed by atoms with Gasteiger partial charge in [0.1, 0.15) is 11.3 Å². The van der Waals surface area contributed by atoms with Gasteiger partial charge in [-0.25, -0.2) is 4.98 Å². The van der Waals surface area contributed by atoms with Crippen LogP contribution in [-0.2, 0) is 12.4 Å². The fraction of sp³-hybridized carbons (Fsp3) is 0.154. The van der Waals surface area contributed by atoms with E-state index in [4.69, 9.17) is 17.3 Å². The molecule has 0 aliphatic carbocycles. The van der Waals surface area contributed by atoms with Crippen molar-refractivity contribution in [1.82, 2.24) is 19.7 Å². The van der Waals surface area contributed by atoms with Crippen molar-refractivity contribution in [2.45, 2.75) is 12.4 Å². The van der Waals surface area contributed by atoms with Gasteiger partial charge in [0.2, 0.25) is 5.95 Å². The van der Waals surface area contributed by atoms with Crippen molar-refractivity contribution in [3.05, 3.63) is 45.9 Å². The summed E-state index contributed by atoms with van der Waals surface area (Å²) in [5, 5.41) is 14.1. The quantitative estimate of drug-likeness (QED) is 0.630. The van der Waals surface area contributed by atoms with Crippen LogP contribution in [0.15, 0.2) is 29.2 Å². The SMILES string of the molecule is Nc1nc2cnn(Cc3ccc(CCl)cc3O)c2c(=O)[nH]1. The number of phenolic OH excluding ortho intramolecular Hbond substituents is 1. The zero-order valence-electron chi connectivity index (χ0n) is 10.9. The number of phenols is 1. The van der Waals surface area contributed by atoms with Gasteiger partial charge in [0.15, 0.2) is 5.52 Å². The number of fused-ring (bicyclic) bond motifs is 1. The van der Waals surface area contributed by atoms with E-state index in [0.717, 1.165) is 5.56 Å². The number of benzene rings is 1. The van der Waals surface area contributed by atoms with Crippen molar-refractivity contribution in [2.75, 3.05) is 5.73 Å². The first-order valence-electron chi connectivity index (χ1n) is 6.16. The zero-order chi connectivity index (χ0) is 15.0. The maximum atomic E-state index is 11.9. The van der Waals surface area contributed by atoms with Crippen molar-refractivity contribution >= 4 is 28.6 Å². The third-order valence-corrected chi connectivity index (χ3v) is 3.45. The molecule has 8 heteroatoms. The highest BCUT2D eigenvalue weighted by Gasteiger charge is 2.11. The number of nitrogens with two attached hydrogens (primary N) is 1. The molecule has 0 unspecified atom stereocenters. The van der Waals surface area contributed by atoms with Crippen LogP contribution in [0.2, 0.25) is 0 Å². The molecule has 2 heterocycles. The molecule has 21 heavy (non-hydrogen) atoms. The zero-order valence-corrected chi connectivity index (χ0v) is 11.6. The second-order valence-electron chi connectivity index (χ2n) is 4.58. The summed E-state index contributed by atoms with van der Waals surface area (Å²) >= 11 is 5.71. The summed E-state index contributed by atoms with van der Waals surface area (Å²) in [7, 11) is 0. The minimum Gasteiger partial charge on any atom is -0.508 e. The van der Waals surface area contributed by atoms with Gasteiger partial charge >= 0.3 is 0 Å². The molecule has 0 atom stereocenters. The van der Waals surface area contributed by atoms with Gasteiger partial charge in [0.05, 0.1) is 12.7 Å². The van der Waals surface area contributed by atoms with Gasteiger partial charge in [0.25, 0.3) is 5.56 Å². The molecule has 108 valence electrons. The van der Waals surface area contributed by atoms with Crippen molar-refractivity contribution in [3.63, 3.8) is 0 Å². The lowest BCUT2D eigenvalue weighted by molar-refractivity contribution is 0.464. The Morgan fingerprint density at radius 1 is 1.43 bits per heavy atom. The van der Waals surface area contributed by atoms with Crippen molar-refractivity contribution in [2.24, 2.45) is 0 Å². The molecule has 0 aliphatic rings. The van der Waals surface area contributed by atoms with Gasteiger partial charge in [0, 0.05) is 11.4 Å². The molecule has 1 aromatic carbocycles. The summed E-state index contributed by atoms with van der Waals surface area (Å²) in [6.45, 7) is 0.243. The number of nitrogens with one attached hydrogen (secondary N) is 1. The summed E-state index contributed by atoms with van der Waals surface area (Å²) in [6, 6.07) is 5.15. The van der Waals surface area contributed by atoms with Crippen LogP contribution in [0.4, 0.5) is 5.95 Å². The molecule has 4 N–H and O–H groups in total. The number of hydrogen-bond donors (Lipinski definition) is 3. The normalized spacial score (nSPS) is 11.1. The largest absolute Gasteiger partial charge is 0.508 e. The molecule has 0 saturated carbocycles. The number of nitrogens with zero attached hydrogens (tertiary/aromatic N) is 3. The minimum atomic E-state index is -0.369. The Bertz CT molecular complexity index is 871. The van der Waals surface area contributed by atoms with Crippen LogP contribution in [0.5, 0.6) is 5.75 Å². The molecule has 0 aliphatic heterocycles. The maximum absolute atomic E-state index is 11.9. The third-order valence-electron chi connectivity index (χ3n) is 3.14. The predicted octanol–water partition coefficient (Wildman–Crippen LogP) is 1.19. The average Bonchev–Trinajstić information content (AvgIpc) is 2.84. The monoisotopic (exact) mass is 305 g/mol. The van der Waals surface area contributed by atoms with Crippen molar-refractivity contribution < 1.29 is 5.11 Å². The van der Waals surface area contributed by atoms with Crippen LogP contribution in [0.3, 0.4) is 0 Å². The van der Waals surface area contributed by atoms with Crippen LogP contribution in [0.25, 0.3) is 11.0 Å². The number of anilines is 1. The summed E-state index contributed by atoms with van der Waals surface area (Å²) in [4.78, 5) is 18.4. The Morgan fingerprint density at radius 2 is 2.24 bits per heavy atom. The molecule has 7 nitrogen and oxygen atoms in total. The Balaban J connectivity index is 2.05. The molecule has 0 bridgehead atoms. The highest BCUT2D eigenvalue weighted by Crippen LogP contribution is 2.21. The second-order valence-corrected chi connectivity index (χ2v) is 4.85. The summed E-state index contributed by atoms with van der Waals surface area (Å²) in [5.41, 5.74) is 7.28. The molecule has 0 fully saturated rings. The molecular weight excluding hydrogens is 294 g/mol. The van der Waals surface area contributed by atoms with Gasteiger partial charge in [-0.3, -0.25) is 14.5 Å². The number of rotatable bonds is 3. The molecule has 0 spiro atoms. The van der Waals surface area contributed by atoms with Gasteiger partial charge in [-0.2, -0.15) is 5.10 Å². The van der Waals surface area contributed by atoms with Crippen molar-refractivity contribution in [1.29, 1.82) is 0 Å².